The molecule has 15 heavy (non-hydrogen) atoms. The quantitative estimate of drug-likeness (QED) is 0.597. The SMILES string of the molecule is Nc1cc([N+](=O)[O-])cc(OCC2CC2)n1. The van der Waals surface area contributed by atoms with Crippen LogP contribution in [-0.4, -0.2) is 16.5 Å². The largest absolute Gasteiger partial charge is 0.477 e. The topological polar surface area (TPSA) is 91.3 Å². The van der Waals surface area contributed by atoms with Crippen LogP contribution in [0.3, 0.4) is 0 Å². The fourth-order valence-corrected chi connectivity index (χ4v) is 1.18. The third kappa shape index (κ3) is 2.55. The van der Waals surface area contributed by atoms with Gasteiger partial charge in [-0.2, -0.15) is 4.98 Å². The Morgan fingerprint density at radius 1 is 1.60 bits per heavy atom. The standard InChI is InChI=1S/C9H11N3O3/c10-8-3-7(12(13)14)4-9(11-8)15-5-6-1-2-6/h3-4,6H,1-2,5H2,(H2,10,11). The molecule has 0 bridgehead atoms. The molecule has 0 radical (unpaired) electrons. The van der Waals surface area contributed by atoms with Crippen molar-refractivity contribution < 1.29 is 9.66 Å². The third-order valence-electron chi connectivity index (χ3n) is 2.18. The highest BCUT2D eigenvalue weighted by atomic mass is 16.6. The average molecular weight is 209 g/mol. The molecule has 0 unspecified atom stereocenters. The number of ether oxygens (including phenoxy) is 1. The molecule has 6 heteroatoms. The minimum absolute atomic E-state index is 0.0895. The highest BCUT2D eigenvalue weighted by molar-refractivity contribution is 5.45. The molecule has 2 N–H and O–H groups in total. The lowest BCUT2D eigenvalue weighted by molar-refractivity contribution is -0.384. The smallest absolute Gasteiger partial charge is 0.278 e. The van der Waals surface area contributed by atoms with Crippen LogP contribution in [0.15, 0.2) is 12.1 Å². The van der Waals surface area contributed by atoms with Gasteiger partial charge in [0.05, 0.1) is 23.7 Å². The minimum atomic E-state index is -0.512. The first-order chi connectivity index (χ1) is 7.15. The van der Waals surface area contributed by atoms with Crippen LogP contribution >= 0.6 is 0 Å². The van der Waals surface area contributed by atoms with Gasteiger partial charge >= 0.3 is 0 Å². The Morgan fingerprint density at radius 3 is 2.93 bits per heavy atom. The molecule has 0 aromatic carbocycles. The molecule has 1 aliphatic carbocycles. The summed E-state index contributed by atoms with van der Waals surface area (Å²) in [5.41, 5.74) is 5.33. The Kier molecular flexibility index (Phi) is 2.40. The van der Waals surface area contributed by atoms with Gasteiger partial charge in [-0.25, -0.2) is 0 Å². The van der Waals surface area contributed by atoms with Crippen LogP contribution in [0.25, 0.3) is 0 Å². The summed E-state index contributed by atoms with van der Waals surface area (Å²) >= 11 is 0. The maximum absolute atomic E-state index is 10.5. The maximum atomic E-state index is 10.5. The van der Waals surface area contributed by atoms with Crippen LogP contribution in [0.5, 0.6) is 5.88 Å². The number of rotatable bonds is 4. The number of nitrogens with zero attached hydrogens (tertiary/aromatic N) is 2. The van der Waals surface area contributed by atoms with E-state index in [-0.39, 0.29) is 17.4 Å². The Hall–Kier alpha value is -1.85. The number of anilines is 1. The second-order valence-corrected chi connectivity index (χ2v) is 3.60. The zero-order chi connectivity index (χ0) is 10.8. The first-order valence-corrected chi connectivity index (χ1v) is 4.70. The van der Waals surface area contributed by atoms with Crippen molar-refractivity contribution in [2.45, 2.75) is 12.8 Å². The number of aromatic nitrogens is 1. The van der Waals surface area contributed by atoms with Crippen LogP contribution in [-0.2, 0) is 0 Å². The molecule has 0 spiro atoms. The summed E-state index contributed by atoms with van der Waals surface area (Å²) in [6.07, 6.45) is 2.31. The van der Waals surface area contributed by atoms with Gasteiger partial charge in [0, 0.05) is 0 Å². The Balaban J connectivity index is 2.10. The monoisotopic (exact) mass is 209 g/mol. The molecule has 1 aliphatic rings. The van der Waals surface area contributed by atoms with Gasteiger partial charge in [-0.15, -0.1) is 0 Å². The lowest BCUT2D eigenvalue weighted by Gasteiger charge is -2.04. The second-order valence-electron chi connectivity index (χ2n) is 3.60. The molecule has 1 heterocycles. The zero-order valence-electron chi connectivity index (χ0n) is 8.05. The summed E-state index contributed by atoms with van der Waals surface area (Å²) in [7, 11) is 0. The molecule has 0 amide bonds. The molecule has 1 saturated carbocycles. The molecule has 6 nitrogen and oxygen atoms in total. The Morgan fingerprint density at radius 2 is 2.33 bits per heavy atom. The Bertz CT molecular complexity index is 390. The number of nitro groups is 1. The summed E-state index contributed by atoms with van der Waals surface area (Å²) in [5, 5.41) is 10.5. The van der Waals surface area contributed by atoms with E-state index < -0.39 is 4.92 Å². The van der Waals surface area contributed by atoms with E-state index in [1.165, 1.54) is 12.1 Å². The molecular formula is C9H11N3O3. The van der Waals surface area contributed by atoms with Crippen molar-refractivity contribution in [2.75, 3.05) is 12.3 Å². The van der Waals surface area contributed by atoms with Gasteiger partial charge in [0.1, 0.15) is 5.82 Å². The van der Waals surface area contributed by atoms with Crippen LogP contribution in [0.1, 0.15) is 12.8 Å². The number of nitrogens with two attached hydrogens (primary N) is 1. The highest BCUT2D eigenvalue weighted by Crippen LogP contribution is 2.30. The van der Waals surface area contributed by atoms with Gasteiger partial charge in [-0.1, -0.05) is 0 Å². The van der Waals surface area contributed by atoms with Crippen molar-refractivity contribution in [3.63, 3.8) is 0 Å². The van der Waals surface area contributed by atoms with Crippen molar-refractivity contribution in [3.8, 4) is 5.88 Å². The molecule has 1 aromatic heterocycles. The highest BCUT2D eigenvalue weighted by Gasteiger charge is 2.22. The van der Waals surface area contributed by atoms with Gasteiger partial charge in [0.25, 0.3) is 5.69 Å². The van der Waals surface area contributed by atoms with E-state index in [1.807, 2.05) is 0 Å². The zero-order valence-corrected chi connectivity index (χ0v) is 8.05. The number of hydrogen-bond donors (Lipinski definition) is 1. The van der Waals surface area contributed by atoms with Crippen LogP contribution in [0.4, 0.5) is 11.5 Å². The van der Waals surface area contributed by atoms with E-state index in [0.29, 0.717) is 12.5 Å². The fraction of sp³-hybridized carbons (Fsp3) is 0.444. The summed E-state index contributed by atoms with van der Waals surface area (Å²) < 4.78 is 5.31. The van der Waals surface area contributed by atoms with Gasteiger partial charge < -0.3 is 10.5 Å². The van der Waals surface area contributed by atoms with Crippen LogP contribution < -0.4 is 10.5 Å². The van der Waals surface area contributed by atoms with Crippen molar-refractivity contribution in [1.82, 2.24) is 4.98 Å². The predicted molar refractivity (Wildman–Crippen MR) is 53.5 cm³/mol. The average Bonchev–Trinajstić information content (AvgIpc) is 2.97. The van der Waals surface area contributed by atoms with Crippen molar-refractivity contribution in [2.24, 2.45) is 5.92 Å². The summed E-state index contributed by atoms with van der Waals surface area (Å²) in [5.74, 6) is 0.913. The van der Waals surface area contributed by atoms with Gasteiger partial charge in [-0.3, -0.25) is 10.1 Å². The van der Waals surface area contributed by atoms with Crippen LogP contribution in [0, 0.1) is 16.0 Å². The summed E-state index contributed by atoms with van der Waals surface area (Å²) in [4.78, 5) is 13.9. The molecule has 0 saturated heterocycles. The lowest BCUT2D eigenvalue weighted by Crippen LogP contribution is -2.03. The van der Waals surface area contributed by atoms with Crippen molar-refractivity contribution >= 4 is 11.5 Å². The molecule has 80 valence electrons. The number of nitrogen functional groups attached to an aromatic ring is 1. The number of pyridine rings is 1. The van der Waals surface area contributed by atoms with Gasteiger partial charge in [0.15, 0.2) is 0 Å². The third-order valence-corrected chi connectivity index (χ3v) is 2.18. The second kappa shape index (κ2) is 3.72. The van der Waals surface area contributed by atoms with E-state index >= 15 is 0 Å². The first-order valence-electron chi connectivity index (χ1n) is 4.70. The summed E-state index contributed by atoms with van der Waals surface area (Å²) in [6.45, 7) is 0.563. The van der Waals surface area contributed by atoms with Crippen molar-refractivity contribution in [3.05, 3.63) is 22.2 Å². The first kappa shape index (κ1) is 9.70. The molecule has 1 aromatic rings. The minimum Gasteiger partial charge on any atom is -0.477 e. The number of hydrogen-bond acceptors (Lipinski definition) is 5. The van der Waals surface area contributed by atoms with E-state index in [4.69, 9.17) is 10.5 Å². The molecule has 1 fully saturated rings. The maximum Gasteiger partial charge on any atom is 0.278 e. The fourth-order valence-electron chi connectivity index (χ4n) is 1.18. The lowest BCUT2D eigenvalue weighted by atomic mass is 10.4. The van der Waals surface area contributed by atoms with Crippen LogP contribution in [0.2, 0.25) is 0 Å². The molecule has 0 aliphatic heterocycles. The van der Waals surface area contributed by atoms with Crippen molar-refractivity contribution in [1.29, 1.82) is 0 Å². The van der Waals surface area contributed by atoms with E-state index in [9.17, 15) is 10.1 Å². The predicted octanol–water partition coefficient (Wildman–Crippen LogP) is 1.36. The van der Waals surface area contributed by atoms with Gasteiger partial charge in [0.2, 0.25) is 5.88 Å². The van der Waals surface area contributed by atoms with E-state index in [0.717, 1.165) is 12.8 Å². The normalized spacial score (nSPS) is 14.9. The Labute approximate surface area is 86.2 Å². The van der Waals surface area contributed by atoms with E-state index in [1.54, 1.807) is 0 Å². The van der Waals surface area contributed by atoms with E-state index in [2.05, 4.69) is 4.98 Å². The molecule has 2 rings (SSSR count). The molecular weight excluding hydrogens is 198 g/mol. The van der Waals surface area contributed by atoms with Gasteiger partial charge in [-0.05, 0) is 18.8 Å². The molecule has 0 atom stereocenters. The summed E-state index contributed by atoms with van der Waals surface area (Å²) in [6, 6.07) is 2.50.